The van der Waals surface area contributed by atoms with Crippen molar-refractivity contribution < 1.29 is 4.42 Å². The fourth-order valence-corrected chi connectivity index (χ4v) is 8.90. The van der Waals surface area contributed by atoms with Gasteiger partial charge in [-0.05, 0) is 94.0 Å². The van der Waals surface area contributed by atoms with E-state index < -0.39 is 0 Å². The van der Waals surface area contributed by atoms with E-state index in [0.29, 0.717) is 5.82 Å². The van der Waals surface area contributed by atoms with Gasteiger partial charge in [0.2, 0.25) is 0 Å². The summed E-state index contributed by atoms with van der Waals surface area (Å²) in [4.78, 5) is 10.3. The second-order valence-corrected chi connectivity index (χ2v) is 15.8. The van der Waals surface area contributed by atoms with Crippen molar-refractivity contribution in [3.8, 4) is 73.0 Å². The van der Waals surface area contributed by atoms with Gasteiger partial charge in [0, 0.05) is 43.9 Å². The topological polar surface area (TPSA) is 43.9 Å². The van der Waals surface area contributed by atoms with Crippen LogP contribution in [-0.4, -0.2) is 14.5 Å². The maximum absolute atomic E-state index is 6.10. The van der Waals surface area contributed by atoms with E-state index in [2.05, 4.69) is 199 Å². The molecule has 0 atom stereocenters. The summed E-state index contributed by atoms with van der Waals surface area (Å²) in [5.41, 5.74) is 17.0. The highest BCUT2D eigenvalue weighted by atomic mass is 16.3. The second kappa shape index (κ2) is 14.7. The Hall–Kier alpha value is -8.34. The third kappa shape index (κ3) is 6.25. The number of hydrogen-bond acceptors (Lipinski definition) is 3. The Morgan fingerprint density at radius 3 is 1.29 bits per heavy atom. The summed E-state index contributed by atoms with van der Waals surface area (Å²) in [5.74, 6) is 0.689. The molecule has 0 saturated heterocycles. The summed E-state index contributed by atoms with van der Waals surface area (Å²) >= 11 is 0. The largest absolute Gasteiger partial charge is 0.456 e. The molecule has 0 unspecified atom stereocenters. The Kier molecular flexibility index (Phi) is 8.46. The fraction of sp³-hybridized carbons (Fsp3) is 0. The predicted molar refractivity (Wildman–Crippen MR) is 256 cm³/mol. The minimum atomic E-state index is 0.689. The maximum Gasteiger partial charge on any atom is 0.160 e. The number of hydrogen-bond donors (Lipinski definition) is 0. The summed E-state index contributed by atoms with van der Waals surface area (Å²) in [6, 6.07) is 79.3. The van der Waals surface area contributed by atoms with Gasteiger partial charge in [-0.2, -0.15) is 0 Å². The third-order valence-corrected chi connectivity index (χ3v) is 12.0. The Balaban J connectivity index is 0.936. The first-order valence-electron chi connectivity index (χ1n) is 21.0. The molecule has 12 rings (SSSR count). The minimum Gasteiger partial charge on any atom is -0.456 e. The molecule has 3 aromatic heterocycles. The maximum atomic E-state index is 6.10. The fourth-order valence-electron chi connectivity index (χ4n) is 8.90. The first-order chi connectivity index (χ1) is 30.7. The van der Waals surface area contributed by atoms with Crippen molar-refractivity contribution in [3.63, 3.8) is 0 Å². The summed E-state index contributed by atoms with van der Waals surface area (Å²) in [6.07, 6.45) is 0. The van der Waals surface area contributed by atoms with Crippen LogP contribution < -0.4 is 0 Å². The number of benzene rings is 9. The van der Waals surface area contributed by atoms with Crippen molar-refractivity contribution in [2.75, 3.05) is 0 Å². The average Bonchev–Trinajstić information content (AvgIpc) is 3.89. The number of aromatic nitrogens is 3. The first-order valence-corrected chi connectivity index (χ1v) is 21.0. The van der Waals surface area contributed by atoms with Gasteiger partial charge in [-0.1, -0.05) is 164 Å². The van der Waals surface area contributed by atoms with Gasteiger partial charge in [0.15, 0.2) is 5.82 Å². The number of rotatable bonds is 7. The number of nitrogens with zero attached hydrogens (tertiary/aromatic N) is 3. The van der Waals surface area contributed by atoms with Crippen LogP contribution in [0.15, 0.2) is 229 Å². The molecule has 3 heterocycles. The molecule has 12 aromatic rings. The summed E-state index contributed by atoms with van der Waals surface area (Å²) in [5, 5.41) is 4.69. The lowest BCUT2D eigenvalue weighted by Gasteiger charge is -2.12. The second-order valence-electron chi connectivity index (χ2n) is 15.8. The molecule has 4 nitrogen and oxygen atoms in total. The van der Waals surface area contributed by atoms with Gasteiger partial charge in [0.05, 0.1) is 22.4 Å². The molecule has 290 valence electrons. The van der Waals surface area contributed by atoms with Gasteiger partial charge >= 0.3 is 0 Å². The number of furan rings is 1. The summed E-state index contributed by atoms with van der Waals surface area (Å²) in [6.45, 7) is 0. The van der Waals surface area contributed by atoms with Crippen molar-refractivity contribution in [2.24, 2.45) is 0 Å². The van der Waals surface area contributed by atoms with Crippen LogP contribution in [0.3, 0.4) is 0 Å². The van der Waals surface area contributed by atoms with Gasteiger partial charge in [-0.25, -0.2) is 9.97 Å². The van der Waals surface area contributed by atoms with E-state index in [0.717, 1.165) is 77.9 Å². The Morgan fingerprint density at radius 2 is 0.710 bits per heavy atom. The highest BCUT2D eigenvalue weighted by molar-refractivity contribution is 6.12. The molecule has 0 spiro atoms. The van der Waals surface area contributed by atoms with E-state index in [4.69, 9.17) is 14.4 Å². The van der Waals surface area contributed by atoms with Crippen molar-refractivity contribution >= 4 is 43.7 Å². The molecule has 0 amide bonds. The smallest absolute Gasteiger partial charge is 0.160 e. The van der Waals surface area contributed by atoms with Crippen molar-refractivity contribution in [2.45, 2.75) is 0 Å². The molecule has 4 heteroatoms. The predicted octanol–water partition coefficient (Wildman–Crippen LogP) is 15.5. The Bertz CT molecular complexity index is 3490. The van der Waals surface area contributed by atoms with E-state index in [9.17, 15) is 0 Å². The average molecular weight is 792 g/mol. The van der Waals surface area contributed by atoms with Crippen LogP contribution in [0.25, 0.3) is 117 Å². The highest BCUT2D eigenvalue weighted by Crippen LogP contribution is 2.39. The quantitative estimate of drug-likeness (QED) is 0.161. The summed E-state index contributed by atoms with van der Waals surface area (Å²) < 4.78 is 8.48. The molecule has 0 saturated carbocycles. The number of para-hydroxylation sites is 1. The normalized spacial score (nSPS) is 11.5. The molecule has 0 aliphatic rings. The highest BCUT2D eigenvalue weighted by Gasteiger charge is 2.17. The molecule has 0 aliphatic heterocycles. The molecular formula is C58H37N3O. The molecule has 0 aliphatic carbocycles. The van der Waals surface area contributed by atoms with E-state index in [1.54, 1.807) is 0 Å². The minimum absolute atomic E-state index is 0.689. The van der Waals surface area contributed by atoms with Crippen molar-refractivity contribution in [1.82, 2.24) is 14.5 Å². The zero-order valence-electron chi connectivity index (χ0n) is 33.6. The molecule has 9 aromatic carbocycles. The van der Waals surface area contributed by atoms with Crippen LogP contribution in [0.4, 0.5) is 0 Å². The van der Waals surface area contributed by atoms with Crippen molar-refractivity contribution in [1.29, 1.82) is 0 Å². The van der Waals surface area contributed by atoms with Crippen LogP contribution in [-0.2, 0) is 0 Å². The monoisotopic (exact) mass is 791 g/mol. The van der Waals surface area contributed by atoms with Crippen LogP contribution >= 0.6 is 0 Å². The molecular weight excluding hydrogens is 755 g/mol. The van der Waals surface area contributed by atoms with E-state index >= 15 is 0 Å². The van der Waals surface area contributed by atoms with Gasteiger partial charge in [-0.15, -0.1) is 0 Å². The molecule has 0 fully saturated rings. The van der Waals surface area contributed by atoms with Crippen LogP contribution in [0, 0.1) is 0 Å². The first kappa shape index (κ1) is 35.6. The van der Waals surface area contributed by atoms with Gasteiger partial charge in [-0.3, -0.25) is 0 Å². The summed E-state index contributed by atoms with van der Waals surface area (Å²) in [7, 11) is 0. The molecule has 62 heavy (non-hydrogen) atoms. The molecule has 0 radical (unpaired) electrons. The zero-order valence-corrected chi connectivity index (χ0v) is 33.6. The lowest BCUT2D eigenvalue weighted by atomic mass is 10.00. The van der Waals surface area contributed by atoms with E-state index in [1.165, 1.54) is 33.0 Å². The van der Waals surface area contributed by atoms with Gasteiger partial charge in [0.25, 0.3) is 0 Å². The Labute approximate surface area is 358 Å². The van der Waals surface area contributed by atoms with E-state index in [-0.39, 0.29) is 0 Å². The Morgan fingerprint density at radius 1 is 0.290 bits per heavy atom. The SMILES string of the molecule is c1ccc(-c2ccc3c(c2)c2cc(-c4ccccc4)ccc2n3-c2ccc(-c3cc(-c4ccc(-c5ccc6oc7ccccc7c6c5)cc4)nc(-c4ccccc4)n3)cc2)cc1. The van der Waals surface area contributed by atoms with E-state index in [1.807, 2.05) is 30.3 Å². The zero-order chi connectivity index (χ0) is 41.0. The molecule has 0 N–H and O–H groups in total. The lowest BCUT2D eigenvalue weighted by molar-refractivity contribution is 0.669. The lowest BCUT2D eigenvalue weighted by Crippen LogP contribution is -1.97. The van der Waals surface area contributed by atoms with Crippen LogP contribution in [0.2, 0.25) is 0 Å². The number of fused-ring (bicyclic) bond motifs is 6. The standard InChI is InChI=1S/C58H37N3O/c1-4-12-38(13-5-1)44-26-31-54-49(34-44)50-35-45(39-14-6-2-7-15-39)27-32-55(50)61(54)47-29-24-42(25-30-47)53-37-52(59-58(60-53)43-16-8-3-9-17-43)41-22-20-40(21-23-41)46-28-33-57-51(36-46)48-18-10-11-19-56(48)62-57/h1-37H. The van der Waals surface area contributed by atoms with Crippen LogP contribution in [0.5, 0.6) is 0 Å². The molecule has 0 bridgehead atoms. The van der Waals surface area contributed by atoms with Crippen molar-refractivity contribution in [3.05, 3.63) is 224 Å². The third-order valence-electron chi connectivity index (χ3n) is 12.0. The van der Waals surface area contributed by atoms with Crippen LogP contribution in [0.1, 0.15) is 0 Å². The van der Waals surface area contributed by atoms with Gasteiger partial charge < -0.3 is 8.98 Å². The van der Waals surface area contributed by atoms with Gasteiger partial charge in [0.1, 0.15) is 11.2 Å².